The highest BCUT2D eigenvalue weighted by Crippen LogP contribution is 2.28. The van der Waals surface area contributed by atoms with E-state index in [1.807, 2.05) is 0 Å². The summed E-state index contributed by atoms with van der Waals surface area (Å²) in [7, 11) is -1.45. The first-order valence-electron chi connectivity index (χ1n) is 8.87. The van der Waals surface area contributed by atoms with Crippen LogP contribution in [0.25, 0.3) is 0 Å². The first-order chi connectivity index (χ1) is 11.5. The summed E-state index contributed by atoms with van der Waals surface area (Å²) < 4.78 is 29.1. The third-order valence-corrected chi connectivity index (χ3v) is 7.24. The number of rotatable bonds is 6. The van der Waals surface area contributed by atoms with Crippen LogP contribution in [0.1, 0.15) is 44.9 Å². The Kier molecular flexibility index (Phi) is 9.73. The van der Waals surface area contributed by atoms with Crippen LogP contribution >= 0.6 is 24.0 Å². The molecule has 0 bridgehead atoms. The lowest BCUT2D eigenvalue weighted by molar-refractivity contribution is 0.0756. The number of nitrogens with zero attached hydrogens (tertiary/aromatic N) is 1. The van der Waals surface area contributed by atoms with E-state index in [4.69, 9.17) is 4.74 Å². The van der Waals surface area contributed by atoms with Crippen molar-refractivity contribution in [2.45, 2.75) is 49.7 Å². The summed E-state index contributed by atoms with van der Waals surface area (Å²) in [6.45, 7) is 2.18. The van der Waals surface area contributed by atoms with E-state index in [-0.39, 0.29) is 24.0 Å². The lowest BCUT2D eigenvalue weighted by Gasteiger charge is -2.35. The number of halogens is 1. The normalized spacial score (nSPS) is 21.0. The third kappa shape index (κ3) is 6.71. The predicted octanol–water partition coefficient (Wildman–Crippen LogP) is 2.25. The molecule has 1 heterocycles. The van der Waals surface area contributed by atoms with Crippen molar-refractivity contribution >= 4 is 39.8 Å². The fourth-order valence-corrected chi connectivity index (χ4v) is 4.60. The molecule has 0 aromatic carbocycles. The number of aliphatic imine (C=N–C) groups is 1. The molecule has 2 N–H and O–H groups in total. The molecule has 1 aliphatic heterocycles. The van der Waals surface area contributed by atoms with Gasteiger partial charge in [-0.15, -0.1) is 24.0 Å². The molecule has 8 heteroatoms. The fourth-order valence-electron chi connectivity index (χ4n) is 3.36. The fraction of sp³-hybridized carbons (Fsp3) is 0.824. The van der Waals surface area contributed by atoms with Crippen LogP contribution in [-0.2, 0) is 14.6 Å². The van der Waals surface area contributed by atoms with Crippen LogP contribution in [0.4, 0.5) is 0 Å². The van der Waals surface area contributed by atoms with Crippen molar-refractivity contribution in [3.63, 3.8) is 0 Å². The molecular formula is C17H32IN3O3S. The molecule has 25 heavy (non-hydrogen) atoms. The quantitative estimate of drug-likeness (QED) is 0.261. The van der Waals surface area contributed by atoms with Gasteiger partial charge in [-0.3, -0.25) is 4.99 Å². The van der Waals surface area contributed by atoms with E-state index in [9.17, 15) is 8.42 Å². The Labute approximate surface area is 169 Å². The average Bonchev–Trinajstić information content (AvgIpc) is 2.58. The number of sulfone groups is 1. The zero-order valence-electron chi connectivity index (χ0n) is 15.3. The van der Waals surface area contributed by atoms with Crippen LogP contribution in [0.3, 0.4) is 0 Å². The Morgan fingerprint density at radius 2 is 2.00 bits per heavy atom. The Balaban J connectivity index is 0.00000312. The molecule has 2 rings (SSSR count). The van der Waals surface area contributed by atoms with E-state index >= 15 is 0 Å². The standard InChI is InChI=1S/C17H31N3O3S.HI/c1-18-16(19-11-8-15-6-4-3-5-7-15)20-14-17(24(2,21)22)9-12-23-13-10-17;/h6H,3-5,7-14H2,1-2H3,(H2,18,19,20);1H. The van der Waals surface area contributed by atoms with E-state index in [1.165, 1.54) is 37.5 Å². The van der Waals surface area contributed by atoms with Crippen molar-refractivity contribution in [3.8, 4) is 0 Å². The molecule has 0 aromatic heterocycles. The first-order valence-corrected chi connectivity index (χ1v) is 10.8. The highest BCUT2D eigenvalue weighted by Gasteiger charge is 2.42. The van der Waals surface area contributed by atoms with Crippen molar-refractivity contribution in [1.29, 1.82) is 0 Å². The smallest absolute Gasteiger partial charge is 0.191 e. The Morgan fingerprint density at radius 1 is 1.28 bits per heavy atom. The number of hydrogen-bond donors (Lipinski definition) is 2. The van der Waals surface area contributed by atoms with Crippen LogP contribution < -0.4 is 10.6 Å². The minimum absolute atomic E-state index is 0. The van der Waals surface area contributed by atoms with E-state index in [1.54, 1.807) is 7.05 Å². The number of ether oxygens (including phenoxy) is 1. The molecule has 0 aromatic rings. The van der Waals surface area contributed by atoms with Crippen molar-refractivity contribution in [1.82, 2.24) is 10.6 Å². The molecule has 0 amide bonds. The van der Waals surface area contributed by atoms with Crippen LogP contribution in [-0.4, -0.2) is 58.7 Å². The topological polar surface area (TPSA) is 79.8 Å². The van der Waals surface area contributed by atoms with Gasteiger partial charge in [-0.2, -0.15) is 0 Å². The summed E-state index contributed by atoms with van der Waals surface area (Å²) >= 11 is 0. The maximum atomic E-state index is 12.3. The van der Waals surface area contributed by atoms with E-state index in [0.29, 0.717) is 38.6 Å². The number of hydrogen-bond acceptors (Lipinski definition) is 4. The van der Waals surface area contributed by atoms with Crippen LogP contribution in [0.15, 0.2) is 16.6 Å². The van der Waals surface area contributed by atoms with Crippen molar-refractivity contribution < 1.29 is 13.2 Å². The number of guanidine groups is 1. The zero-order chi connectivity index (χ0) is 17.5. The summed E-state index contributed by atoms with van der Waals surface area (Å²) in [6.07, 6.45) is 10.7. The predicted molar refractivity (Wildman–Crippen MR) is 114 cm³/mol. The molecule has 0 atom stereocenters. The summed E-state index contributed by atoms with van der Waals surface area (Å²) in [5.74, 6) is 0.668. The van der Waals surface area contributed by atoms with Crippen LogP contribution in [0.2, 0.25) is 0 Å². The Morgan fingerprint density at radius 3 is 2.56 bits per heavy atom. The van der Waals surface area contributed by atoms with Crippen LogP contribution in [0.5, 0.6) is 0 Å². The average molecular weight is 485 g/mol. The van der Waals surface area contributed by atoms with Gasteiger partial charge in [0, 0.05) is 39.6 Å². The molecule has 146 valence electrons. The molecule has 0 unspecified atom stereocenters. The largest absolute Gasteiger partial charge is 0.381 e. The van der Waals surface area contributed by atoms with Gasteiger partial charge in [0.1, 0.15) is 0 Å². The lowest BCUT2D eigenvalue weighted by Crippen LogP contribution is -2.53. The van der Waals surface area contributed by atoms with Crippen LogP contribution in [0, 0.1) is 0 Å². The first kappa shape index (κ1) is 22.7. The van der Waals surface area contributed by atoms with Gasteiger partial charge in [0.05, 0.1) is 4.75 Å². The molecular weight excluding hydrogens is 453 g/mol. The van der Waals surface area contributed by atoms with Crippen molar-refractivity contribution in [3.05, 3.63) is 11.6 Å². The van der Waals surface area contributed by atoms with Gasteiger partial charge in [-0.1, -0.05) is 11.6 Å². The minimum atomic E-state index is -3.16. The van der Waals surface area contributed by atoms with Gasteiger partial charge in [0.25, 0.3) is 0 Å². The van der Waals surface area contributed by atoms with Gasteiger partial charge in [0.2, 0.25) is 0 Å². The second-order valence-electron chi connectivity index (χ2n) is 6.78. The molecule has 6 nitrogen and oxygen atoms in total. The molecule has 1 saturated heterocycles. The summed E-state index contributed by atoms with van der Waals surface area (Å²) in [4.78, 5) is 4.22. The molecule has 1 aliphatic carbocycles. The second kappa shape index (κ2) is 10.7. The van der Waals surface area contributed by atoms with Gasteiger partial charge in [-0.25, -0.2) is 8.42 Å². The zero-order valence-corrected chi connectivity index (χ0v) is 18.5. The van der Waals surface area contributed by atoms with E-state index < -0.39 is 14.6 Å². The summed E-state index contributed by atoms with van der Waals surface area (Å²) in [5.41, 5.74) is 1.52. The van der Waals surface area contributed by atoms with Gasteiger partial charge in [0.15, 0.2) is 15.8 Å². The highest BCUT2D eigenvalue weighted by atomic mass is 127. The van der Waals surface area contributed by atoms with E-state index in [0.717, 1.165) is 13.0 Å². The Hall–Kier alpha value is -0.350. The third-order valence-electron chi connectivity index (χ3n) is 5.12. The minimum Gasteiger partial charge on any atom is -0.381 e. The molecule has 1 fully saturated rings. The maximum Gasteiger partial charge on any atom is 0.191 e. The van der Waals surface area contributed by atoms with E-state index in [2.05, 4.69) is 21.7 Å². The van der Waals surface area contributed by atoms with Gasteiger partial charge >= 0.3 is 0 Å². The van der Waals surface area contributed by atoms with Crippen molar-refractivity contribution in [2.75, 3.05) is 39.6 Å². The molecule has 0 radical (unpaired) electrons. The Bertz CT molecular complexity index is 570. The lowest BCUT2D eigenvalue weighted by atomic mass is 9.97. The highest BCUT2D eigenvalue weighted by molar-refractivity contribution is 14.0. The van der Waals surface area contributed by atoms with Gasteiger partial charge < -0.3 is 15.4 Å². The summed E-state index contributed by atoms with van der Waals surface area (Å²) in [6, 6.07) is 0. The maximum absolute atomic E-state index is 12.3. The second-order valence-corrected chi connectivity index (χ2v) is 9.19. The number of nitrogens with one attached hydrogen (secondary N) is 2. The SMILES string of the molecule is CN=C(NCCC1=CCCCC1)NCC1(S(C)(=O)=O)CCOCC1.I. The molecule has 0 saturated carbocycles. The summed E-state index contributed by atoms with van der Waals surface area (Å²) in [5, 5.41) is 6.51. The van der Waals surface area contributed by atoms with Crippen molar-refractivity contribution in [2.24, 2.45) is 4.99 Å². The monoisotopic (exact) mass is 485 g/mol. The molecule has 2 aliphatic rings. The number of allylic oxidation sites excluding steroid dienone is 1. The van der Waals surface area contributed by atoms with Gasteiger partial charge in [-0.05, 0) is 44.9 Å². The molecule has 0 spiro atoms.